The van der Waals surface area contributed by atoms with E-state index >= 15 is 0 Å². The summed E-state index contributed by atoms with van der Waals surface area (Å²) in [7, 11) is -0.730. The number of aryl methyl sites for hydroxylation is 1. The predicted octanol–water partition coefficient (Wildman–Crippen LogP) is 3.72. The summed E-state index contributed by atoms with van der Waals surface area (Å²) in [5.41, 5.74) is 1.72. The third-order valence-electron chi connectivity index (χ3n) is 3.74. The molecule has 0 fully saturated rings. The summed E-state index contributed by atoms with van der Waals surface area (Å²) in [5, 5.41) is 8.95. The minimum absolute atomic E-state index is 0.0215. The first-order chi connectivity index (χ1) is 12.9. The summed E-state index contributed by atoms with van der Waals surface area (Å²) >= 11 is 1.30. The van der Waals surface area contributed by atoms with Gasteiger partial charge in [0.05, 0.1) is 31.8 Å². The largest absolute Gasteiger partial charge is 0.493 e. The van der Waals surface area contributed by atoms with Crippen LogP contribution in [0.4, 0.5) is 0 Å². The monoisotopic (exact) mass is 407 g/mol. The highest BCUT2D eigenvalue weighted by Crippen LogP contribution is 2.35. The van der Waals surface area contributed by atoms with Gasteiger partial charge in [0.1, 0.15) is 5.25 Å². The second kappa shape index (κ2) is 9.65. The van der Waals surface area contributed by atoms with E-state index < -0.39 is 15.4 Å². The van der Waals surface area contributed by atoms with Crippen molar-refractivity contribution in [2.75, 3.05) is 26.6 Å². The van der Waals surface area contributed by atoms with Crippen LogP contribution in [0.3, 0.4) is 0 Å². The van der Waals surface area contributed by atoms with Crippen LogP contribution in [0.25, 0.3) is 0 Å². The number of nitrogens with zero attached hydrogens (tertiary/aromatic N) is 1. The van der Waals surface area contributed by atoms with Gasteiger partial charge in [-0.2, -0.15) is 13.7 Å². The first-order valence-electron chi connectivity index (χ1n) is 8.10. The van der Waals surface area contributed by atoms with E-state index in [4.69, 9.17) is 13.7 Å². The van der Waals surface area contributed by atoms with Crippen LogP contribution >= 0.6 is 11.8 Å². The number of benzene rings is 2. The van der Waals surface area contributed by atoms with Crippen LogP contribution in [0.15, 0.2) is 47.4 Å². The molecule has 0 amide bonds. The predicted molar refractivity (Wildman–Crippen MR) is 105 cm³/mol. The molecule has 0 aliphatic carbocycles. The van der Waals surface area contributed by atoms with E-state index in [9.17, 15) is 13.7 Å². The van der Waals surface area contributed by atoms with Gasteiger partial charge in [-0.15, -0.1) is 11.8 Å². The standard InChI is InChI=1S/C19H21NO5S2/c1-14-4-7-16(8-5-14)27(21,22)25-10-11-26-19(13-20)15-6-9-17(23-2)18(12-15)24-3/h4-9,12,19H,10-11H2,1-3H3. The molecule has 2 aromatic carbocycles. The Labute approximate surface area is 164 Å². The first-order valence-corrected chi connectivity index (χ1v) is 10.6. The van der Waals surface area contributed by atoms with Crippen molar-refractivity contribution in [3.63, 3.8) is 0 Å². The molecule has 8 heteroatoms. The fraction of sp³-hybridized carbons (Fsp3) is 0.316. The van der Waals surface area contributed by atoms with Crippen molar-refractivity contribution in [1.29, 1.82) is 5.26 Å². The fourth-order valence-electron chi connectivity index (χ4n) is 2.31. The lowest BCUT2D eigenvalue weighted by Gasteiger charge is -2.13. The van der Waals surface area contributed by atoms with Gasteiger partial charge in [-0.1, -0.05) is 23.8 Å². The molecule has 144 valence electrons. The summed E-state index contributed by atoms with van der Waals surface area (Å²) in [6.07, 6.45) is 0. The number of methoxy groups -OCH3 is 2. The molecule has 0 aromatic heterocycles. The topological polar surface area (TPSA) is 85.6 Å². The van der Waals surface area contributed by atoms with Gasteiger partial charge in [0.25, 0.3) is 10.1 Å². The molecule has 2 aromatic rings. The number of hydrogen-bond acceptors (Lipinski definition) is 7. The molecule has 0 radical (unpaired) electrons. The summed E-state index contributed by atoms with van der Waals surface area (Å²) < 4.78 is 39.8. The zero-order valence-corrected chi connectivity index (χ0v) is 17.0. The quantitative estimate of drug-likeness (QED) is 0.462. The molecule has 6 nitrogen and oxygen atoms in total. The van der Waals surface area contributed by atoms with Crippen molar-refractivity contribution < 1.29 is 22.1 Å². The normalized spacial score (nSPS) is 12.2. The molecular formula is C19H21NO5S2. The Morgan fingerprint density at radius 2 is 1.74 bits per heavy atom. The van der Waals surface area contributed by atoms with E-state index in [0.717, 1.165) is 11.1 Å². The number of hydrogen-bond donors (Lipinski definition) is 0. The Bertz CT molecular complexity index is 905. The minimum Gasteiger partial charge on any atom is -0.493 e. The summed E-state index contributed by atoms with van der Waals surface area (Å²) in [4.78, 5) is 0.120. The van der Waals surface area contributed by atoms with Gasteiger partial charge in [-0.25, -0.2) is 0 Å². The fourth-order valence-corrected chi connectivity index (χ4v) is 4.15. The Balaban J connectivity index is 1.95. The van der Waals surface area contributed by atoms with Crippen LogP contribution in [0.1, 0.15) is 16.4 Å². The van der Waals surface area contributed by atoms with Gasteiger partial charge in [0.15, 0.2) is 11.5 Å². The van der Waals surface area contributed by atoms with E-state index in [0.29, 0.717) is 17.3 Å². The van der Waals surface area contributed by atoms with Crippen LogP contribution < -0.4 is 9.47 Å². The first kappa shape index (κ1) is 21.1. The molecule has 0 heterocycles. The van der Waals surface area contributed by atoms with Crippen molar-refractivity contribution in [3.05, 3.63) is 53.6 Å². The molecule has 0 N–H and O–H groups in total. The Kier molecular flexibility index (Phi) is 7.54. The highest BCUT2D eigenvalue weighted by atomic mass is 32.2. The molecule has 1 unspecified atom stereocenters. The highest BCUT2D eigenvalue weighted by molar-refractivity contribution is 7.99. The van der Waals surface area contributed by atoms with Crippen LogP contribution in [0.5, 0.6) is 11.5 Å². The summed E-state index contributed by atoms with van der Waals surface area (Å²) in [5.74, 6) is 1.46. The molecule has 27 heavy (non-hydrogen) atoms. The van der Waals surface area contributed by atoms with Gasteiger partial charge in [0, 0.05) is 5.75 Å². The van der Waals surface area contributed by atoms with Crippen molar-refractivity contribution in [1.82, 2.24) is 0 Å². The molecule has 0 aliphatic rings. The maximum atomic E-state index is 12.2. The van der Waals surface area contributed by atoms with Crippen molar-refractivity contribution in [2.24, 2.45) is 0 Å². The smallest absolute Gasteiger partial charge is 0.296 e. The maximum absolute atomic E-state index is 12.2. The number of ether oxygens (including phenoxy) is 2. The second-order valence-corrected chi connectivity index (χ2v) is 8.41. The van der Waals surface area contributed by atoms with Gasteiger partial charge in [-0.05, 0) is 36.8 Å². The van der Waals surface area contributed by atoms with Gasteiger partial charge in [-0.3, -0.25) is 4.18 Å². The van der Waals surface area contributed by atoms with Crippen molar-refractivity contribution >= 4 is 21.9 Å². The molecule has 2 rings (SSSR count). The molecule has 0 aliphatic heterocycles. The van der Waals surface area contributed by atoms with Gasteiger partial charge in [0.2, 0.25) is 0 Å². The number of nitriles is 1. The van der Waals surface area contributed by atoms with Crippen LogP contribution in [0, 0.1) is 18.3 Å². The number of rotatable bonds is 9. The lowest BCUT2D eigenvalue weighted by Crippen LogP contribution is -2.09. The Hall–Kier alpha value is -2.21. The molecule has 0 saturated heterocycles. The van der Waals surface area contributed by atoms with E-state index in [1.807, 2.05) is 6.92 Å². The maximum Gasteiger partial charge on any atom is 0.296 e. The average molecular weight is 408 g/mol. The SMILES string of the molecule is COc1ccc(C(C#N)SCCOS(=O)(=O)c2ccc(C)cc2)cc1OC. The average Bonchev–Trinajstić information content (AvgIpc) is 2.68. The van der Waals surface area contributed by atoms with Gasteiger partial charge >= 0.3 is 0 Å². The van der Waals surface area contributed by atoms with Gasteiger partial charge < -0.3 is 9.47 Å². The van der Waals surface area contributed by atoms with E-state index in [-0.39, 0.29) is 11.5 Å². The zero-order chi connectivity index (χ0) is 19.9. The van der Waals surface area contributed by atoms with E-state index in [1.54, 1.807) is 37.4 Å². The van der Waals surface area contributed by atoms with E-state index in [1.165, 1.54) is 31.0 Å². The number of thioether (sulfide) groups is 1. The summed E-state index contributed by atoms with van der Waals surface area (Å²) in [6.45, 7) is 1.86. The minimum atomic E-state index is -3.80. The Morgan fingerprint density at radius 1 is 1.07 bits per heavy atom. The van der Waals surface area contributed by atoms with Crippen LogP contribution in [-0.4, -0.2) is 35.0 Å². The molecule has 1 atom stereocenters. The molecule has 0 spiro atoms. The van der Waals surface area contributed by atoms with E-state index in [2.05, 4.69) is 6.07 Å². The second-order valence-electron chi connectivity index (χ2n) is 5.58. The Morgan fingerprint density at radius 3 is 2.33 bits per heavy atom. The molecule has 0 bridgehead atoms. The van der Waals surface area contributed by atoms with Crippen molar-refractivity contribution in [2.45, 2.75) is 17.1 Å². The van der Waals surface area contributed by atoms with Crippen LogP contribution in [-0.2, 0) is 14.3 Å². The molecule has 0 saturated carbocycles. The highest BCUT2D eigenvalue weighted by Gasteiger charge is 2.17. The summed E-state index contributed by atoms with van der Waals surface area (Å²) in [6, 6.07) is 13.9. The van der Waals surface area contributed by atoms with Crippen molar-refractivity contribution in [3.8, 4) is 17.6 Å². The zero-order valence-electron chi connectivity index (χ0n) is 15.3. The molecular weight excluding hydrogens is 386 g/mol. The lowest BCUT2D eigenvalue weighted by atomic mass is 10.1. The van der Waals surface area contributed by atoms with Crippen LogP contribution in [0.2, 0.25) is 0 Å². The third-order valence-corrected chi connectivity index (χ3v) is 6.18. The third kappa shape index (κ3) is 5.63. The lowest BCUT2D eigenvalue weighted by molar-refractivity contribution is 0.341.